The van der Waals surface area contributed by atoms with Gasteiger partial charge in [0, 0.05) is 24.6 Å². The van der Waals surface area contributed by atoms with Gasteiger partial charge in [-0.1, -0.05) is 45.1 Å². The third-order valence-electron chi connectivity index (χ3n) is 3.64. The summed E-state index contributed by atoms with van der Waals surface area (Å²) in [5, 5.41) is 7.81. The van der Waals surface area contributed by atoms with E-state index in [2.05, 4.69) is 37.9 Å². The number of nitrogens with zero attached hydrogens (tertiary/aromatic N) is 2. The highest BCUT2D eigenvalue weighted by Gasteiger charge is 2.14. The molecule has 0 saturated heterocycles. The molecule has 0 aliphatic heterocycles. The number of guanidine groups is 1. The first-order valence-electron chi connectivity index (χ1n) is 7.66. The molecular formula is C19H24N4. The predicted molar refractivity (Wildman–Crippen MR) is 97.7 cm³/mol. The number of nitrogens with two attached hydrogens (primary N) is 1. The molecule has 2 rings (SSSR count). The molecule has 1 aromatic heterocycles. The molecule has 0 amide bonds. The van der Waals surface area contributed by atoms with Crippen LogP contribution in [0.25, 0.3) is 6.08 Å². The van der Waals surface area contributed by atoms with Crippen LogP contribution in [0.4, 0.5) is 5.69 Å². The summed E-state index contributed by atoms with van der Waals surface area (Å²) in [7, 11) is 0. The second kappa shape index (κ2) is 7.09. The third kappa shape index (κ3) is 4.68. The Bertz CT molecular complexity index is 667. The maximum atomic E-state index is 7.81. The number of nitrogens with one attached hydrogen (secondary N) is 1. The zero-order chi connectivity index (χ0) is 16.9. The molecule has 120 valence electrons. The zero-order valence-electron chi connectivity index (χ0n) is 14.0. The first-order valence-corrected chi connectivity index (χ1v) is 7.66. The third-order valence-corrected chi connectivity index (χ3v) is 3.64. The molecule has 0 radical (unpaired) electrons. The van der Waals surface area contributed by atoms with Crippen LogP contribution in [0.5, 0.6) is 0 Å². The number of anilines is 1. The molecule has 0 atom stereocenters. The van der Waals surface area contributed by atoms with E-state index < -0.39 is 0 Å². The maximum absolute atomic E-state index is 7.81. The minimum atomic E-state index is 0.0351. The molecular weight excluding hydrogens is 284 g/mol. The van der Waals surface area contributed by atoms with Crippen LogP contribution in [0.2, 0.25) is 0 Å². The Morgan fingerprint density at radius 2 is 1.74 bits per heavy atom. The van der Waals surface area contributed by atoms with E-state index in [0.717, 1.165) is 11.3 Å². The topological polar surface area (TPSA) is 66.0 Å². The van der Waals surface area contributed by atoms with Crippen LogP contribution in [-0.2, 0) is 5.41 Å². The molecule has 0 fully saturated rings. The quantitative estimate of drug-likeness (QED) is 0.667. The van der Waals surface area contributed by atoms with E-state index in [1.54, 1.807) is 17.3 Å². The lowest BCUT2D eigenvalue weighted by Crippen LogP contribution is -2.36. The lowest BCUT2D eigenvalue weighted by atomic mass is 9.87. The molecule has 3 N–H and O–H groups in total. The van der Waals surface area contributed by atoms with E-state index in [-0.39, 0.29) is 11.4 Å². The van der Waals surface area contributed by atoms with Crippen molar-refractivity contribution >= 4 is 17.7 Å². The van der Waals surface area contributed by atoms with E-state index in [0.29, 0.717) is 6.54 Å². The average molecular weight is 308 g/mol. The summed E-state index contributed by atoms with van der Waals surface area (Å²) in [6.07, 6.45) is 7.51. The van der Waals surface area contributed by atoms with Crippen molar-refractivity contribution in [3.63, 3.8) is 0 Å². The second-order valence-corrected chi connectivity index (χ2v) is 6.48. The molecule has 0 bridgehead atoms. The van der Waals surface area contributed by atoms with Crippen LogP contribution in [0.15, 0.2) is 54.9 Å². The van der Waals surface area contributed by atoms with Crippen LogP contribution in [-0.4, -0.2) is 17.5 Å². The van der Waals surface area contributed by atoms with Gasteiger partial charge in [-0.3, -0.25) is 10.4 Å². The van der Waals surface area contributed by atoms with Gasteiger partial charge in [0.25, 0.3) is 0 Å². The number of benzene rings is 1. The highest BCUT2D eigenvalue weighted by Crippen LogP contribution is 2.24. The van der Waals surface area contributed by atoms with Crippen molar-refractivity contribution in [3.8, 4) is 0 Å². The van der Waals surface area contributed by atoms with Crippen LogP contribution in [0.1, 0.15) is 31.9 Å². The fourth-order valence-electron chi connectivity index (χ4n) is 2.25. The molecule has 4 heteroatoms. The minimum absolute atomic E-state index is 0.0351. The number of hydrogen-bond acceptors (Lipinski definition) is 2. The summed E-state index contributed by atoms with van der Waals surface area (Å²) in [5.41, 5.74) is 9.11. The number of pyridine rings is 1. The zero-order valence-corrected chi connectivity index (χ0v) is 14.0. The van der Waals surface area contributed by atoms with Gasteiger partial charge in [0.05, 0.1) is 0 Å². The van der Waals surface area contributed by atoms with E-state index in [9.17, 15) is 0 Å². The lowest BCUT2D eigenvalue weighted by molar-refractivity contribution is 0.590. The van der Waals surface area contributed by atoms with Gasteiger partial charge in [0.15, 0.2) is 5.96 Å². The highest BCUT2D eigenvalue weighted by atomic mass is 15.2. The number of aromatic nitrogens is 1. The Balaban J connectivity index is 2.12. The van der Waals surface area contributed by atoms with Gasteiger partial charge in [0.1, 0.15) is 0 Å². The van der Waals surface area contributed by atoms with Crippen molar-refractivity contribution in [2.24, 2.45) is 5.73 Å². The van der Waals surface area contributed by atoms with Gasteiger partial charge < -0.3 is 10.6 Å². The van der Waals surface area contributed by atoms with Gasteiger partial charge in [-0.2, -0.15) is 0 Å². The molecule has 0 unspecified atom stereocenters. The Labute approximate surface area is 138 Å². The summed E-state index contributed by atoms with van der Waals surface area (Å²) in [5.74, 6) is 0.0351. The molecule has 2 aromatic rings. The molecule has 1 heterocycles. The largest absolute Gasteiger partial charge is 0.370 e. The smallest absolute Gasteiger partial charge is 0.193 e. The van der Waals surface area contributed by atoms with Crippen LogP contribution in [0, 0.1) is 5.41 Å². The first-order chi connectivity index (χ1) is 10.9. The molecule has 0 spiro atoms. The number of rotatable bonds is 4. The Morgan fingerprint density at radius 1 is 1.13 bits per heavy atom. The predicted octanol–water partition coefficient (Wildman–Crippen LogP) is 3.79. The van der Waals surface area contributed by atoms with Gasteiger partial charge >= 0.3 is 0 Å². The fourth-order valence-corrected chi connectivity index (χ4v) is 2.25. The van der Waals surface area contributed by atoms with E-state index in [1.165, 1.54) is 5.56 Å². The molecule has 0 saturated carbocycles. The summed E-state index contributed by atoms with van der Waals surface area (Å²) in [6.45, 7) is 7.10. The van der Waals surface area contributed by atoms with Crippen LogP contribution in [0.3, 0.4) is 0 Å². The van der Waals surface area contributed by atoms with Crippen LogP contribution >= 0.6 is 0 Å². The monoisotopic (exact) mass is 308 g/mol. The lowest BCUT2D eigenvalue weighted by Gasteiger charge is -2.24. The average Bonchev–Trinajstić information content (AvgIpc) is 2.51. The maximum Gasteiger partial charge on any atom is 0.193 e. The van der Waals surface area contributed by atoms with Gasteiger partial charge in [-0.15, -0.1) is 0 Å². The Kier molecular flexibility index (Phi) is 5.16. The number of hydrogen-bond donors (Lipinski definition) is 2. The summed E-state index contributed by atoms with van der Waals surface area (Å²) >= 11 is 0. The van der Waals surface area contributed by atoms with E-state index in [4.69, 9.17) is 11.1 Å². The first kappa shape index (κ1) is 16.7. The van der Waals surface area contributed by atoms with E-state index in [1.807, 2.05) is 36.4 Å². The van der Waals surface area contributed by atoms with Gasteiger partial charge in [0.2, 0.25) is 0 Å². The molecule has 4 nitrogen and oxygen atoms in total. The van der Waals surface area contributed by atoms with Crippen LogP contribution < -0.4 is 10.6 Å². The second-order valence-electron chi connectivity index (χ2n) is 6.48. The summed E-state index contributed by atoms with van der Waals surface area (Å²) in [6, 6.07) is 12.1. The van der Waals surface area contributed by atoms with Gasteiger partial charge in [-0.25, -0.2) is 0 Å². The van der Waals surface area contributed by atoms with Crippen molar-refractivity contribution < 1.29 is 0 Å². The fraction of sp³-hybridized carbons (Fsp3) is 0.263. The Hall–Kier alpha value is -2.62. The highest BCUT2D eigenvalue weighted by molar-refractivity contribution is 5.92. The molecule has 1 aromatic carbocycles. The van der Waals surface area contributed by atoms with E-state index >= 15 is 0 Å². The molecule has 0 aliphatic rings. The van der Waals surface area contributed by atoms with Gasteiger partial charge in [-0.05, 0) is 40.8 Å². The van der Waals surface area contributed by atoms with Crippen molar-refractivity contribution in [2.75, 3.05) is 11.4 Å². The van der Waals surface area contributed by atoms with Crippen molar-refractivity contribution in [1.29, 1.82) is 5.41 Å². The summed E-state index contributed by atoms with van der Waals surface area (Å²) in [4.78, 5) is 5.76. The molecule has 0 aliphatic carbocycles. The SMILES string of the molecule is CC(C)(C)c1ccc(N(C/C=C/c2ccncc2)C(=N)N)cc1. The Morgan fingerprint density at radius 3 is 2.26 bits per heavy atom. The van der Waals surface area contributed by atoms with Crippen molar-refractivity contribution in [1.82, 2.24) is 4.98 Å². The normalized spacial score (nSPS) is 11.6. The minimum Gasteiger partial charge on any atom is -0.370 e. The molecule has 23 heavy (non-hydrogen) atoms. The standard InChI is InChI=1S/C19H24N4/c1-19(2,3)16-6-8-17(9-7-16)23(18(20)21)14-4-5-15-10-12-22-13-11-15/h4-13H,14H2,1-3H3,(H3,20,21)/b5-4+. The van der Waals surface area contributed by atoms with Crippen molar-refractivity contribution in [2.45, 2.75) is 26.2 Å². The van der Waals surface area contributed by atoms with Crippen molar-refractivity contribution in [3.05, 3.63) is 66.0 Å². The summed E-state index contributed by atoms with van der Waals surface area (Å²) < 4.78 is 0.